The Balaban J connectivity index is 3.69. The summed E-state index contributed by atoms with van der Waals surface area (Å²) in [4.78, 5) is 3.69. The van der Waals surface area contributed by atoms with Gasteiger partial charge >= 0.3 is 0 Å². The molecule has 0 bridgehead atoms. The first-order valence-electron chi connectivity index (χ1n) is 2.02. The van der Waals surface area contributed by atoms with Crippen LogP contribution in [0.4, 0.5) is 0 Å². The van der Waals surface area contributed by atoms with Crippen molar-refractivity contribution in [2.75, 3.05) is 0 Å². The van der Waals surface area contributed by atoms with Crippen LogP contribution >= 0.6 is 15.9 Å². The second kappa shape index (κ2) is 4.59. The molecular formula is C5H7BrN2. The van der Waals surface area contributed by atoms with Crippen LogP contribution in [0.2, 0.25) is 0 Å². The van der Waals surface area contributed by atoms with E-state index in [-0.39, 0.29) is 0 Å². The van der Waals surface area contributed by atoms with Gasteiger partial charge in [0, 0.05) is 18.6 Å². The standard InChI is InChI=1S/C5H7BrN2/c1-2-8-4-5(6)3-7/h2-4H,1,7H2/b5-3+,8-4?. The fraction of sp³-hybridized carbons (Fsp3) is 0. The second-order valence-electron chi connectivity index (χ2n) is 1.01. The summed E-state index contributed by atoms with van der Waals surface area (Å²) < 4.78 is 0.748. The van der Waals surface area contributed by atoms with Crippen molar-refractivity contribution in [2.24, 2.45) is 10.7 Å². The topological polar surface area (TPSA) is 38.4 Å². The number of nitrogens with zero attached hydrogens (tertiary/aromatic N) is 1. The van der Waals surface area contributed by atoms with Crippen LogP contribution in [0.15, 0.2) is 28.5 Å². The molecule has 0 saturated heterocycles. The number of allylic oxidation sites excluding steroid dienone is 1. The zero-order valence-corrected chi connectivity index (χ0v) is 5.93. The molecule has 0 aromatic rings. The Kier molecular flexibility index (Phi) is 4.26. The monoisotopic (exact) mass is 174 g/mol. The lowest BCUT2D eigenvalue weighted by Crippen LogP contribution is -1.80. The highest BCUT2D eigenvalue weighted by atomic mass is 79.9. The lowest BCUT2D eigenvalue weighted by Gasteiger charge is -1.79. The van der Waals surface area contributed by atoms with E-state index in [0.717, 1.165) is 4.48 Å². The van der Waals surface area contributed by atoms with Crippen molar-refractivity contribution in [3.05, 3.63) is 23.5 Å². The zero-order valence-electron chi connectivity index (χ0n) is 4.34. The highest BCUT2D eigenvalue weighted by molar-refractivity contribution is 9.12. The fourth-order valence-corrected chi connectivity index (χ4v) is 0.285. The van der Waals surface area contributed by atoms with Crippen LogP contribution in [0.5, 0.6) is 0 Å². The largest absolute Gasteiger partial charge is 0.404 e. The van der Waals surface area contributed by atoms with Gasteiger partial charge in [-0.2, -0.15) is 0 Å². The maximum atomic E-state index is 5.08. The van der Waals surface area contributed by atoms with Gasteiger partial charge in [0.2, 0.25) is 0 Å². The van der Waals surface area contributed by atoms with Crippen LogP contribution in [0.3, 0.4) is 0 Å². The van der Waals surface area contributed by atoms with Gasteiger partial charge in [-0.25, -0.2) is 0 Å². The molecule has 0 unspecified atom stereocenters. The van der Waals surface area contributed by atoms with Crippen LogP contribution in [-0.2, 0) is 0 Å². The fourth-order valence-electron chi connectivity index (χ4n) is 0.167. The molecule has 0 aliphatic rings. The normalized spacial score (nSPS) is 12.4. The summed E-state index contributed by atoms with van der Waals surface area (Å²) in [7, 11) is 0. The molecule has 0 spiro atoms. The average molecular weight is 175 g/mol. The molecule has 0 radical (unpaired) electrons. The Labute approximate surface area is 56.9 Å². The molecule has 0 aliphatic heterocycles. The van der Waals surface area contributed by atoms with Gasteiger partial charge in [-0.3, -0.25) is 4.99 Å². The minimum absolute atomic E-state index is 0.748. The van der Waals surface area contributed by atoms with Gasteiger partial charge in [-0.1, -0.05) is 6.58 Å². The molecule has 2 N–H and O–H groups in total. The number of hydrogen-bond acceptors (Lipinski definition) is 2. The first-order valence-corrected chi connectivity index (χ1v) is 2.82. The number of halogens is 1. The summed E-state index contributed by atoms with van der Waals surface area (Å²) in [6.07, 6.45) is 4.41. The van der Waals surface area contributed by atoms with Gasteiger partial charge in [-0.05, 0) is 15.9 Å². The van der Waals surface area contributed by atoms with Gasteiger partial charge < -0.3 is 5.73 Å². The quantitative estimate of drug-likeness (QED) is 0.632. The number of rotatable bonds is 2. The Hall–Kier alpha value is -0.570. The SMILES string of the molecule is C=CN=C/C(Br)=C\N. The van der Waals surface area contributed by atoms with Crippen molar-refractivity contribution in [3.8, 4) is 0 Å². The third-order valence-electron chi connectivity index (χ3n) is 0.462. The van der Waals surface area contributed by atoms with E-state index in [0.29, 0.717) is 0 Å². The molecular weight excluding hydrogens is 168 g/mol. The molecule has 8 heavy (non-hydrogen) atoms. The summed E-state index contributed by atoms with van der Waals surface area (Å²) >= 11 is 3.12. The van der Waals surface area contributed by atoms with Gasteiger partial charge in [0.1, 0.15) is 0 Å². The minimum atomic E-state index is 0.748. The Morgan fingerprint density at radius 1 is 1.75 bits per heavy atom. The highest BCUT2D eigenvalue weighted by Gasteiger charge is 1.75. The van der Waals surface area contributed by atoms with E-state index in [1.807, 2.05) is 0 Å². The van der Waals surface area contributed by atoms with Crippen LogP contribution in [-0.4, -0.2) is 6.21 Å². The van der Waals surface area contributed by atoms with Crippen molar-refractivity contribution < 1.29 is 0 Å². The predicted octanol–water partition coefficient (Wildman–Crippen LogP) is 1.40. The van der Waals surface area contributed by atoms with Gasteiger partial charge in [0.25, 0.3) is 0 Å². The summed E-state index contributed by atoms with van der Waals surface area (Å²) in [5.41, 5.74) is 5.08. The molecule has 0 saturated carbocycles. The van der Waals surface area contributed by atoms with Crippen LogP contribution in [0.1, 0.15) is 0 Å². The second-order valence-corrected chi connectivity index (χ2v) is 1.93. The number of aliphatic imine (C=N–C) groups is 1. The third kappa shape index (κ3) is 3.61. The molecule has 2 nitrogen and oxygen atoms in total. The van der Waals surface area contributed by atoms with Crippen LogP contribution in [0, 0.1) is 0 Å². The molecule has 0 aliphatic carbocycles. The van der Waals surface area contributed by atoms with Crippen LogP contribution < -0.4 is 5.73 Å². The molecule has 0 atom stereocenters. The van der Waals surface area contributed by atoms with E-state index in [2.05, 4.69) is 27.5 Å². The number of nitrogens with two attached hydrogens (primary N) is 1. The smallest absolute Gasteiger partial charge is 0.0512 e. The lowest BCUT2D eigenvalue weighted by atomic mass is 10.7. The molecule has 3 heteroatoms. The first kappa shape index (κ1) is 7.43. The Morgan fingerprint density at radius 2 is 2.38 bits per heavy atom. The van der Waals surface area contributed by atoms with Crippen molar-refractivity contribution in [1.29, 1.82) is 0 Å². The van der Waals surface area contributed by atoms with Crippen molar-refractivity contribution >= 4 is 22.1 Å². The Bertz CT molecular complexity index is 126. The van der Waals surface area contributed by atoms with Crippen molar-refractivity contribution in [1.82, 2.24) is 0 Å². The third-order valence-corrected chi connectivity index (χ3v) is 0.932. The first-order chi connectivity index (χ1) is 3.81. The maximum absolute atomic E-state index is 5.08. The van der Waals surface area contributed by atoms with E-state index in [9.17, 15) is 0 Å². The molecule has 0 rings (SSSR count). The molecule has 0 aromatic carbocycles. The minimum Gasteiger partial charge on any atom is -0.404 e. The van der Waals surface area contributed by atoms with E-state index < -0.39 is 0 Å². The van der Waals surface area contributed by atoms with E-state index >= 15 is 0 Å². The summed E-state index contributed by atoms with van der Waals surface area (Å²) in [5.74, 6) is 0. The molecule has 0 amide bonds. The van der Waals surface area contributed by atoms with E-state index in [4.69, 9.17) is 5.73 Å². The molecule has 0 heterocycles. The van der Waals surface area contributed by atoms with E-state index in [1.54, 1.807) is 6.21 Å². The molecule has 44 valence electrons. The highest BCUT2D eigenvalue weighted by Crippen LogP contribution is 1.96. The van der Waals surface area contributed by atoms with Crippen molar-refractivity contribution in [2.45, 2.75) is 0 Å². The number of hydrogen-bond donors (Lipinski definition) is 1. The summed E-state index contributed by atoms with van der Waals surface area (Å²) in [6.45, 7) is 3.38. The van der Waals surface area contributed by atoms with E-state index in [1.165, 1.54) is 12.4 Å². The Morgan fingerprint density at radius 3 is 2.75 bits per heavy atom. The summed E-state index contributed by atoms with van der Waals surface area (Å²) in [5, 5.41) is 0. The zero-order chi connectivity index (χ0) is 6.41. The lowest BCUT2D eigenvalue weighted by molar-refractivity contribution is 1.58. The molecule has 0 aromatic heterocycles. The summed E-state index contributed by atoms with van der Waals surface area (Å²) in [6, 6.07) is 0. The van der Waals surface area contributed by atoms with Gasteiger partial charge in [0.05, 0.1) is 4.48 Å². The van der Waals surface area contributed by atoms with Gasteiger partial charge in [0.15, 0.2) is 0 Å². The van der Waals surface area contributed by atoms with Gasteiger partial charge in [-0.15, -0.1) is 0 Å². The maximum Gasteiger partial charge on any atom is 0.0512 e. The van der Waals surface area contributed by atoms with Crippen LogP contribution in [0.25, 0.3) is 0 Å². The average Bonchev–Trinajstić information content (AvgIpc) is 1.83. The molecule has 0 fully saturated rings. The predicted molar refractivity (Wildman–Crippen MR) is 39.9 cm³/mol. The van der Waals surface area contributed by atoms with Crippen molar-refractivity contribution in [3.63, 3.8) is 0 Å².